The number of anilines is 1. The van der Waals surface area contributed by atoms with Crippen LogP contribution in [0.4, 0.5) is 14.9 Å². The second-order valence-corrected chi connectivity index (χ2v) is 8.89. The van der Waals surface area contributed by atoms with Gasteiger partial charge in [-0.05, 0) is 59.3 Å². The van der Waals surface area contributed by atoms with E-state index >= 15 is 0 Å². The molecule has 3 amide bonds. The first-order valence-corrected chi connectivity index (χ1v) is 11.7. The molecule has 9 heteroatoms. The second kappa shape index (κ2) is 10.3. The molecule has 1 aliphatic rings. The summed E-state index contributed by atoms with van der Waals surface area (Å²) in [4.78, 5) is 39.0. The molecule has 0 spiro atoms. The standard InChI is InChI=1S/C25H20ClFN2O4S/c1-2-11-33-21-10-7-15-5-3-4-6-17(15)18(21)13-22-24(31)29(25(32)34-22)14-23(30)28-16-8-9-20(27)19(26)12-16/h3-10,12-13H,2,11,14H2,1H3,(H,28,30)/b22-13-. The van der Waals surface area contributed by atoms with Crippen molar-refractivity contribution in [1.29, 1.82) is 0 Å². The van der Waals surface area contributed by atoms with Gasteiger partial charge < -0.3 is 10.1 Å². The van der Waals surface area contributed by atoms with Crippen LogP contribution in [-0.2, 0) is 9.59 Å². The lowest BCUT2D eigenvalue weighted by atomic mass is 10.0. The van der Waals surface area contributed by atoms with E-state index in [9.17, 15) is 18.8 Å². The summed E-state index contributed by atoms with van der Waals surface area (Å²) in [7, 11) is 0. The van der Waals surface area contributed by atoms with E-state index in [1.165, 1.54) is 12.1 Å². The van der Waals surface area contributed by atoms with Crippen molar-refractivity contribution in [3.05, 3.63) is 75.9 Å². The number of hydrogen-bond acceptors (Lipinski definition) is 5. The Morgan fingerprint density at radius 3 is 2.74 bits per heavy atom. The molecular formula is C25H20ClFN2O4S. The zero-order chi connectivity index (χ0) is 24.2. The summed E-state index contributed by atoms with van der Waals surface area (Å²) in [6.45, 7) is 2.02. The third kappa shape index (κ3) is 5.08. The molecule has 1 aliphatic heterocycles. The van der Waals surface area contributed by atoms with Gasteiger partial charge in [0.05, 0.1) is 16.5 Å². The highest BCUT2D eigenvalue weighted by atomic mass is 35.5. The molecule has 1 N–H and O–H groups in total. The zero-order valence-electron chi connectivity index (χ0n) is 18.1. The summed E-state index contributed by atoms with van der Waals surface area (Å²) in [5.74, 6) is -1.19. The summed E-state index contributed by atoms with van der Waals surface area (Å²) in [6, 6.07) is 15.2. The highest BCUT2D eigenvalue weighted by Crippen LogP contribution is 2.37. The van der Waals surface area contributed by atoms with Crippen molar-refractivity contribution in [2.75, 3.05) is 18.5 Å². The van der Waals surface area contributed by atoms with Gasteiger partial charge in [0, 0.05) is 11.3 Å². The lowest BCUT2D eigenvalue weighted by molar-refractivity contribution is -0.127. The molecule has 0 aliphatic carbocycles. The van der Waals surface area contributed by atoms with E-state index in [4.69, 9.17) is 16.3 Å². The number of amides is 3. The number of hydrogen-bond donors (Lipinski definition) is 1. The number of nitrogens with zero attached hydrogens (tertiary/aromatic N) is 1. The largest absolute Gasteiger partial charge is 0.493 e. The molecule has 0 bridgehead atoms. The molecule has 0 unspecified atom stereocenters. The van der Waals surface area contributed by atoms with Crippen molar-refractivity contribution in [3.63, 3.8) is 0 Å². The number of rotatable bonds is 7. The molecule has 34 heavy (non-hydrogen) atoms. The first kappa shape index (κ1) is 23.8. The van der Waals surface area contributed by atoms with Crippen LogP contribution >= 0.6 is 23.4 Å². The Hall–Kier alpha value is -3.36. The molecule has 0 saturated carbocycles. The van der Waals surface area contributed by atoms with Gasteiger partial charge in [-0.25, -0.2) is 4.39 Å². The third-order valence-electron chi connectivity index (χ3n) is 5.05. The maximum Gasteiger partial charge on any atom is 0.294 e. The van der Waals surface area contributed by atoms with Crippen LogP contribution < -0.4 is 10.1 Å². The lowest BCUT2D eigenvalue weighted by Crippen LogP contribution is -2.36. The highest BCUT2D eigenvalue weighted by Gasteiger charge is 2.36. The predicted octanol–water partition coefficient (Wildman–Crippen LogP) is 6.10. The van der Waals surface area contributed by atoms with E-state index in [0.29, 0.717) is 17.9 Å². The van der Waals surface area contributed by atoms with Gasteiger partial charge in [0.25, 0.3) is 11.1 Å². The minimum atomic E-state index is -0.619. The van der Waals surface area contributed by atoms with Crippen LogP contribution in [0.3, 0.4) is 0 Å². The number of carbonyl (C=O) groups excluding carboxylic acids is 3. The molecule has 4 rings (SSSR count). The number of nitrogens with one attached hydrogen (secondary N) is 1. The molecular weight excluding hydrogens is 479 g/mol. The van der Waals surface area contributed by atoms with Crippen LogP contribution in [0.15, 0.2) is 59.5 Å². The summed E-state index contributed by atoms with van der Waals surface area (Å²) >= 11 is 6.49. The number of carbonyl (C=O) groups is 3. The van der Waals surface area contributed by atoms with Crippen molar-refractivity contribution < 1.29 is 23.5 Å². The number of imide groups is 1. The first-order valence-electron chi connectivity index (χ1n) is 10.5. The molecule has 0 aromatic heterocycles. The van der Waals surface area contributed by atoms with E-state index in [0.717, 1.165) is 39.9 Å². The van der Waals surface area contributed by atoms with Gasteiger partial charge >= 0.3 is 0 Å². The van der Waals surface area contributed by atoms with Gasteiger partial charge in [0.15, 0.2) is 0 Å². The summed E-state index contributed by atoms with van der Waals surface area (Å²) in [6.07, 6.45) is 2.45. The molecule has 174 valence electrons. The summed E-state index contributed by atoms with van der Waals surface area (Å²) in [5.41, 5.74) is 0.954. The molecule has 1 saturated heterocycles. The monoisotopic (exact) mass is 498 g/mol. The van der Waals surface area contributed by atoms with Crippen molar-refractivity contribution in [2.45, 2.75) is 13.3 Å². The molecule has 3 aromatic rings. The number of ether oxygens (including phenoxy) is 1. The highest BCUT2D eigenvalue weighted by molar-refractivity contribution is 8.18. The van der Waals surface area contributed by atoms with Crippen molar-refractivity contribution in [3.8, 4) is 5.75 Å². The number of fused-ring (bicyclic) bond motifs is 1. The van der Waals surface area contributed by atoms with Crippen LogP contribution in [-0.4, -0.2) is 35.1 Å². The van der Waals surface area contributed by atoms with Gasteiger partial charge in [0.1, 0.15) is 18.1 Å². The second-order valence-electron chi connectivity index (χ2n) is 7.49. The SMILES string of the molecule is CCCOc1ccc2ccccc2c1/C=C1\SC(=O)N(CC(=O)Nc2ccc(F)c(Cl)c2)C1=O. The van der Waals surface area contributed by atoms with E-state index < -0.39 is 29.4 Å². The van der Waals surface area contributed by atoms with Crippen LogP contribution in [0.2, 0.25) is 5.02 Å². The summed E-state index contributed by atoms with van der Waals surface area (Å²) < 4.78 is 19.2. The molecule has 0 atom stereocenters. The van der Waals surface area contributed by atoms with Gasteiger partial charge in [-0.2, -0.15) is 0 Å². The average Bonchev–Trinajstić information content (AvgIpc) is 3.08. The molecule has 0 radical (unpaired) electrons. The Bertz CT molecular complexity index is 1330. The maximum absolute atomic E-state index is 13.3. The van der Waals surface area contributed by atoms with E-state index in [2.05, 4.69) is 5.32 Å². The fraction of sp³-hybridized carbons (Fsp3) is 0.160. The summed E-state index contributed by atoms with van der Waals surface area (Å²) in [5, 5.41) is 3.66. The van der Waals surface area contributed by atoms with Crippen LogP contribution in [0.25, 0.3) is 16.8 Å². The van der Waals surface area contributed by atoms with Crippen molar-refractivity contribution in [1.82, 2.24) is 4.90 Å². The van der Waals surface area contributed by atoms with E-state index in [-0.39, 0.29) is 15.6 Å². The topological polar surface area (TPSA) is 75.7 Å². The molecule has 1 heterocycles. The van der Waals surface area contributed by atoms with Gasteiger partial charge in [0.2, 0.25) is 5.91 Å². The Morgan fingerprint density at radius 1 is 1.18 bits per heavy atom. The number of thioether (sulfide) groups is 1. The molecule has 1 fully saturated rings. The van der Waals surface area contributed by atoms with E-state index in [1.54, 1.807) is 6.08 Å². The Morgan fingerprint density at radius 2 is 1.97 bits per heavy atom. The third-order valence-corrected chi connectivity index (χ3v) is 6.24. The zero-order valence-corrected chi connectivity index (χ0v) is 19.7. The minimum Gasteiger partial charge on any atom is -0.493 e. The Balaban J connectivity index is 1.57. The number of benzene rings is 3. The molecule has 6 nitrogen and oxygen atoms in total. The predicted molar refractivity (Wildman–Crippen MR) is 132 cm³/mol. The van der Waals surface area contributed by atoms with Crippen LogP contribution in [0.1, 0.15) is 18.9 Å². The maximum atomic E-state index is 13.3. The van der Waals surface area contributed by atoms with Crippen molar-refractivity contribution >= 4 is 63.0 Å². The Labute approximate surface area is 204 Å². The quantitative estimate of drug-likeness (QED) is 0.398. The minimum absolute atomic E-state index is 0.150. The smallest absolute Gasteiger partial charge is 0.294 e. The number of halogens is 2. The van der Waals surface area contributed by atoms with Crippen molar-refractivity contribution in [2.24, 2.45) is 0 Å². The van der Waals surface area contributed by atoms with Gasteiger partial charge in [-0.1, -0.05) is 48.9 Å². The first-order chi connectivity index (χ1) is 16.4. The average molecular weight is 499 g/mol. The van der Waals surface area contributed by atoms with Crippen LogP contribution in [0.5, 0.6) is 5.75 Å². The normalized spacial score (nSPS) is 14.8. The Kier molecular flexibility index (Phi) is 7.19. The van der Waals surface area contributed by atoms with Gasteiger partial charge in [-0.15, -0.1) is 0 Å². The van der Waals surface area contributed by atoms with Gasteiger partial charge in [-0.3, -0.25) is 19.3 Å². The fourth-order valence-electron chi connectivity index (χ4n) is 3.45. The lowest BCUT2D eigenvalue weighted by Gasteiger charge is -2.13. The fourth-order valence-corrected chi connectivity index (χ4v) is 4.45. The van der Waals surface area contributed by atoms with Crippen LogP contribution in [0, 0.1) is 5.82 Å². The van der Waals surface area contributed by atoms with E-state index in [1.807, 2.05) is 43.3 Å². The molecule has 3 aromatic carbocycles.